The minimum atomic E-state index is -3.48. The minimum Gasteiger partial charge on any atom is -0.337 e. The molecular weight excluding hydrogens is 396 g/mol. The highest BCUT2D eigenvalue weighted by atomic mass is 32.2. The second-order valence-electron chi connectivity index (χ2n) is 7.54. The summed E-state index contributed by atoms with van der Waals surface area (Å²) in [5.74, 6) is -0.143. The molecule has 0 N–H and O–H groups in total. The molecule has 1 saturated heterocycles. The van der Waals surface area contributed by atoms with Crippen molar-refractivity contribution in [2.75, 3.05) is 13.1 Å². The fourth-order valence-electron chi connectivity index (χ4n) is 4.20. The Labute approximate surface area is 174 Å². The van der Waals surface area contributed by atoms with Crippen LogP contribution in [-0.2, 0) is 9.84 Å². The van der Waals surface area contributed by atoms with Gasteiger partial charge in [0.15, 0.2) is 9.84 Å². The van der Waals surface area contributed by atoms with E-state index in [-0.39, 0.29) is 12.5 Å². The minimum absolute atomic E-state index is 0.143. The van der Waals surface area contributed by atoms with Crippen LogP contribution in [0.1, 0.15) is 16.8 Å². The maximum absolute atomic E-state index is 13.6. The monoisotopic (exact) mass is 416 g/mol. The predicted octanol–water partition coefficient (Wildman–Crippen LogP) is 4.08. The van der Waals surface area contributed by atoms with Crippen LogP contribution in [0.15, 0.2) is 83.8 Å². The van der Waals surface area contributed by atoms with Crippen LogP contribution < -0.4 is 0 Å². The molecule has 1 aliphatic heterocycles. The number of aromatic nitrogens is 1. The summed E-state index contributed by atoms with van der Waals surface area (Å²) in [6, 6.07) is 23.6. The van der Waals surface area contributed by atoms with Crippen LogP contribution in [0.4, 0.5) is 0 Å². The highest BCUT2D eigenvalue weighted by Gasteiger charge is 2.37. The number of nitrogens with zero attached hydrogens (tertiary/aromatic N) is 2. The summed E-state index contributed by atoms with van der Waals surface area (Å²) < 4.78 is 26.0. The van der Waals surface area contributed by atoms with E-state index in [2.05, 4.69) is 4.98 Å². The number of rotatable bonds is 3. The van der Waals surface area contributed by atoms with Gasteiger partial charge in [0.05, 0.1) is 26.7 Å². The molecule has 2 heterocycles. The number of likely N-dealkylation sites (tertiary alicyclic amines) is 1. The molecule has 5 nitrogen and oxygen atoms in total. The lowest BCUT2D eigenvalue weighted by Gasteiger charge is -2.19. The molecule has 5 rings (SSSR count). The predicted molar refractivity (Wildman–Crippen MR) is 117 cm³/mol. The average molecular weight is 417 g/mol. The summed E-state index contributed by atoms with van der Waals surface area (Å²) in [7, 11) is -3.48. The summed E-state index contributed by atoms with van der Waals surface area (Å²) >= 11 is 0. The van der Waals surface area contributed by atoms with E-state index in [1.807, 2.05) is 48.5 Å². The molecule has 3 aromatic carbocycles. The van der Waals surface area contributed by atoms with Crippen molar-refractivity contribution >= 4 is 37.6 Å². The van der Waals surface area contributed by atoms with Gasteiger partial charge in [-0.25, -0.2) is 13.4 Å². The quantitative estimate of drug-likeness (QED) is 0.472. The first-order valence-corrected chi connectivity index (χ1v) is 11.5. The molecule has 0 aliphatic carbocycles. The van der Waals surface area contributed by atoms with Crippen molar-refractivity contribution in [2.24, 2.45) is 0 Å². The van der Waals surface area contributed by atoms with Gasteiger partial charge in [-0.2, -0.15) is 0 Å². The number of para-hydroxylation sites is 2. The Morgan fingerprint density at radius 3 is 2.03 bits per heavy atom. The lowest BCUT2D eigenvalue weighted by Crippen LogP contribution is -2.32. The molecule has 0 bridgehead atoms. The Kier molecular flexibility index (Phi) is 4.51. The average Bonchev–Trinajstić information content (AvgIpc) is 3.29. The number of sulfone groups is 1. The lowest BCUT2D eigenvalue weighted by molar-refractivity contribution is 0.0797. The summed E-state index contributed by atoms with van der Waals surface area (Å²) in [4.78, 5) is 20.2. The van der Waals surface area contributed by atoms with Crippen molar-refractivity contribution in [3.05, 3.63) is 84.4 Å². The van der Waals surface area contributed by atoms with E-state index in [0.29, 0.717) is 23.4 Å². The second-order valence-corrected chi connectivity index (χ2v) is 9.77. The zero-order valence-corrected chi connectivity index (χ0v) is 17.0. The maximum atomic E-state index is 13.6. The number of amides is 1. The van der Waals surface area contributed by atoms with E-state index in [4.69, 9.17) is 0 Å². The molecule has 0 saturated carbocycles. The molecule has 1 aliphatic rings. The van der Waals surface area contributed by atoms with Crippen molar-refractivity contribution in [3.8, 4) is 0 Å². The zero-order valence-electron chi connectivity index (χ0n) is 16.2. The Balaban J connectivity index is 1.54. The van der Waals surface area contributed by atoms with Gasteiger partial charge >= 0.3 is 0 Å². The molecule has 150 valence electrons. The number of hydrogen-bond donors (Lipinski definition) is 0. The third-order valence-corrected chi connectivity index (χ3v) is 7.94. The van der Waals surface area contributed by atoms with Crippen LogP contribution >= 0.6 is 0 Å². The van der Waals surface area contributed by atoms with E-state index in [9.17, 15) is 13.2 Å². The first-order chi connectivity index (χ1) is 14.6. The van der Waals surface area contributed by atoms with Gasteiger partial charge in [0.2, 0.25) is 0 Å². The third kappa shape index (κ3) is 3.04. The number of benzene rings is 3. The van der Waals surface area contributed by atoms with Gasteiger partial charge in [0.25, 0.3) is 5.91 Å². The Morgan fingerprint density at radius 1 is 0.833 bits per heavy atom. The number of carbonyl (C=O) groups is 1. The van der Waals surface area contributed by atoms with Crippen molar-refractivity contribution in [1.82, 2.24) is 9.88 Å². The smallest absolute Gasteiger partial charge is 0.255 e. The van der Waals surface area contributed by atoms with E-state index in [1.54, 1.807) is 35.2 Å². The van der Waals surface area contributed by atoms with Crippen LogP contribution in [-0.4, -0.2) is 42.5 Å². The molecule has 1 amide bonds. The van der Waals surface area contributed by atoms with Gasteiger partial charge < -0.3 is 4.90 Å². The molecule has 30 heavy (non-hydrogen) atoms. The number of carbonyl (C=O) groups excluding carboxylic acids is 1. The number of fused-ring (bicyclic) bond motifs is 2. The van der Waals surface area contributed by atoms with Crippen molar-refractivity contribution in [3.63, 3.8) is 0 Å². The van der Waals surface area contributed by atoms with Crippen LogP contribution in [0.25, 0.3) is 21.8 Å². The van der Waals surface area contributed by atoms with Gasteiger partial charge in [-0.05, 0) is 30.7 Å². The van der Waals surface area contributed by atoms with Gasteiger partial charge in [0.1, 0.15) is 0 Å². The van der Waals surface area contributed by atoms with Gasteiger partial charge in [-0.1, -0.05) is 54.6 Å². The second kappa shape index (κ2) is 7.22. The fraction of sp³-hybridized carbons (Fsp3) is 0.167. The zero-order chi connectivity index (χ0) is 20.7. The maximum Gasteiger partial charge on any atom is 0.255 e. The van der Waals surface area contributed by atoms with Crippen molar-refractivity contribution in [1.29, 1.82) is 0 Å². The standard InChI is InChI=1S/C24H20N2O3S/c27-24(26-15-14-18(16-26)30(28,29)17-8-2-1-3-9-17)23-19-10-4-6-12-21(19)25-22-13-7-5-11-20(22)23/h1-13,18H,14-16H2. The van der Waals surface area contributed by atoms with Gasteiger partial charge in [0, 0.05) is 23.9 Å². The van der Waals surface area contributed by atoms with Gasteiger partial charge in [-0.15, -0.1) is 0 Å². The van der Waals surface area contributed by atoms with E-state index in [0.717, 1.165) is 21.8 Å². The van der Waals surface area contributed by atoms with Crippen molar-refractivity contribution < 1.29 is 13.2 Å². The SMILES string of the molecule is O=C(c1c2ccccc2nc2ccccc12)N1CCC(S(=O)(=O)c2ccccc2)C1. The molecule has 0 radical (unpaired) electrons. The van der Waals surface area contributed by atoms with E-state index < -0.39 is 15.1 Å². The molecule has 1 aromatic heterocycles. The molecule has 6 heteroatoms. The Morgan fingerprint density at radius 2 is 1.40 bits per heavy atom. The summed E-state index contributed by atoms with van der Waals surface area (Å²) in [5.41, 5.74) is 2.10. The number of pyridine rings is 1. The summed E-state index contributed by atoms with van der Waals surface area (Å²) in [5, 5.41) is 0.981. The third-order valence-electron chi connectivity index (χ3n) is 5.74. The van der Waals surface area contributed by atoms with Crippen LogP contribution in [0.5, 0.6) is 0 Å². The van der Waals surface area contributed by atoms with Crippen molar-refractivity contribution in [2.45, 2.75) is 16.6 Å². The fourth-order valence-corrected chi connectivity index (χ4v) is 5.91. The molecule has 4 aromatic rings. The largest absolute Gasteiger partial charge is 0.337 e. The topological polar surface area (TPSA) is 67.3 Å². The lowest BCUT2D eigenvalue weighted by atomic mass is 10.0. The highest BCUT2D eigenvalue weighted by molar-refractivity contribution is 7.92. The molecular formula is C24H20N2O3S. The summed E-state index contributed by atoms with van der Waals surface area (Å²) in [6.07, 6.45) is 0.434. The molecule has 1 fully saturated rings. The Bertz CT molecular complexity index is 1310. The van der Waals surface area contributed by atoms with E-state index in [1.165, 1.54) is 0 Å². The molecule has 1 atom stereocenters. The first kappa shape index (κ1) is 18.8. The first-order valence-electron chi connectivity index (χ1n) is 9.91. The van der Waals surface area contributed by atoms with Crippen LogP contribution in [0.2, 0.25) is 0 Å². The van der Waals surface area contributed by atoms with Crippen LogP contribution in [0.3, 0.4) is 0 Å². The Hall–Kier alpha value is -3.25. The molecule has 1 unspecified atom stereocenters. The normalized spacial score (nSPS) is 16.9. The highest BCUT2D eigenvalue weighted by Crippen LogP contribution is 2.30. The van der Waals surface area contributed by atoms with Gasteiger partial charge in [-0.3, -0.25) is 4.79 Å². The molecule has 0 spiro atoms. The van der Waals surface area contributed by atoms with E-state index >= 15 is 0 Å². The van der Waals surface area contributed by atoms with Crippen LogP contribution in [0, 0.1) is 0 Å². The summed E-state index contributed by atoms with van der Waals surface area (Å²) in [6.45, 7) is 0.613. The number of hydrogen-bond acceptors (Lipinski definition) is 4.